The van der Waals surface area contributed by atoms with Gasteiger partial charge < -0.3 is 10.6 Å². The molecular formula is C15H22ClFN2O. The molecule has 1 amide bonds. The second kappa shape index (κ2) is 7.04. The van der Waals surface area contributed by atoms with Crippen LogP contribution in [0.25, 0.3) is 0 Å². The maximum Gasteiger partial charge on any atom is 0.230 e. The molecular weight excluding hydrogens is 279 g/mol. The van der Waals surface area contributed by atoms with E-state index in [4.69, 9.17) is 0 Å². The molecule has 3 nitrogen and oxygen atoms in total. The highest BCUT2D eigenvalue weighted by Gasteiger charge is 2.32. The lowest BCUT2D eigenvalue weighted by atomic mass is 9.83. The van der Waals surface area contributed by atoms with E-state index < -0.39 is 5.41 Å². The van der Waals surface area contributed by atoms with E-state index in [1.54, 1.807) is 32.0 Å². The van der Waals surface area contributed by atoms with Crippen LogP contribution in [0.3, 0.4) is 0 Å². The number of rotatable bonds is 4. The van der Waals surface area contributed by atoms with Crippen molar-refractivity contribution in [3.63, 3.8) is 0 Å². The zero-order valence-electron chi connectivity index (χ0n) is 11.9. The van der Waals surface area contributed by atoms with Gasteiger partial charge >= 0.3 is 0 Å². The maximum atomic E-state index is 13.8. The summed E-state index contributed by atoms with van der Waals surface area (Å²) < 4.78 is 13.8. The van der Waals surface area contributed by atoms with Gasteiger partial charge in [0.05, 0.1) is 5.41 Å². The van der Waals surface area contributed by atoms with E-state index >= 15 is 0 Å². The van der Waals surface area contributed by atoms with Crippen LogP contribution >= 0.6 is 12.4 Å². The highest BCUT2D eigenvalue weighted by Crippen LogP contribution is 2.25. The summed E-state index contributed by atoms with van der Waals surface area (Å²) in [7, 11) is 0. The van der Waals surface area contributed by atoms with Gasteiger partial charge in [0.15, 0.2) is 0 Å². The van der Waals surface area contributed by atoms with E-state index in [9.17, 15) is 9.18 Å². The van der Waals surface area contributed by atoms with Crippen molar-refractivity contribution in [3.05, 3.63) is 35.6 Å². The van der Waals surface area contributed by atoms with Crippen molar-refractivity contribution in [2.75, 3.05) is 13.1 Å². The Hall–Kier alpha value is -1.13. The lowest BCUT2D eigenvalue weighted by Gasteiger charge is -2.25. The van der Waals surface area contributed by atoms with Crippen LogP contribution in [-0.4, -0.2) is 25.0 Å². The van der Waals surface area contributed by atoms with E-state index in [0.29, 0.717) is 18.2 Å². The fourth-order valence-electron chi connectivity index (χ4n) is 2.46. The van der Waals surface area contributed by atoms with Crippen LogP contribution in [0, 0.1) is 5.82 Å². The summed E-state index contributed by atoms with van der Waals surface area (Å²) in [6.45, 7) is 5.12. The Bertz CT molecular complexity index is 459. The van der Waals surface area contributed by atoms with Gasteiger partial charge in [0, 0.05) is 18.2 Å². The van der Waals surface area contributed by atoms with Gasteiger partial charge in [-0.15, -0.1) is 12.4 Å². The molecule has 0 radical (unpaired) electrons. The first kappa shape index (κ1) is 16.9. The van der Waals surface area contributed by atoms with Crippen LogP contribution in [0.2, 0.25) is 0 Å². The number of amides is 1. The van der Waals surface area contributed by atoms with Gasteiger partial charge in [-0.25, -0.2) is 4.39 Å². The van der Waals surface area contributed by atoms with Gasteiger partial charge in [0.25, 0.3) is 0 Å². The maximum absolute atomic E-state index is 13.8. The van der Waals surface area contributed by atoms with Crippen molar-refractivity contribution >= 4 is 18.3 Å². The van der Waals surface area contributed by atoms with Gasteiger partial charge in [0.1, 0.15) is 5.82 Å². The minimum absolute atomic E-state index is 0. The zero-order chi connectivity index (χ0) is 13.9. The molecule has 1 heterocycles. The number of nitrogens with one attached hydrogen (secondary N) is 2. The first-order chi connectivity index (χ1) is 9.01. The minimum atomic E-state index is -0.857. The van der Waals surface area contributed by atoms with Crippen molar-refractivity contribution in [1.82, 2.24) is 10.6 Å². The van der Waals surface area contributed by atoms with Gasteiger partial charge in [-0.1, -0.05) is 18.2 Å². The fourth-order valence-corrected chi connectivity index (χ4v) is 2.46. The van der Waals surface area contributed by atoms with E-state index in [0.717, 1.165) is 19.4 Å². The van der Waals surface area contributed by atoms with Crippen molar-refractivity contribution in [3.8, 4) is 0 Å². The Balaban J connectivity index is 0.00000200. The lowest BCUT2D eigenvalue weighted by Crippen LogP contribution is -2.45. The summed E-state index contributed by atoms with van der Waals surface area (Å²) in [6.07, 6.45) is 2.23. The monoisotopic (exact) mass is 300 g/mol. The third-order valence-electron chi connectivity index (χ3n) is 3.79. The summed E-state index contributed by atoms with van der Waals surface area (Å²) in [6, 6.07) is 6.80. The molecule has 0 aliphatic carbocycles. The third kappa shape index (κ3) is 3.70. The van der Waals surface area contributed by atoms with Crippen LogP contribution < -0.4 is 10.6 Å². The van der Waals surface area contributed by atoms with Gasteiger partial charge in [-0.3, -0.25) is 4.79 Å². The summed E-state index contributed by atoms with van der Waals surface area (Å²) in [5.74, 6) is -0.465. The first-order valence-corrected chi connectivity index (χ1v) is 6.78. The average molecular weight is 301 g/mol. The third-order valence-corrected chi connectivity index (χ3v) is 3.79. The SMILES string of the molecule is CC(C)(C(=O)NCC1CCCN1)c1ccccc1F.Cl. The zero-order valence-corrected chi connectivity index (χ0v) is 12.7. The standard InChI is InChI=1S/C15H21FN2O.ClH/c1-15(2,12-7-3-4-8-13(12)16)14(19)18-10-11-6-5-9-17-11;/h3-4,7-8,11,17H,5-6,9-10H2,1-2H3,(H,18,19);1H. The molecule has 20 heavy (non-hydrogen) atoms. The second-order valence-corrected chi connectivity index (χ2v) is 5.61. The Morgan fingerprint density at radius 2 is 2.15 bits per heavy atom. The molecule has 2 rings (SSSR count). The molecule has 1 saturated heterocycles. The largest absolute Gasteiger partial charge is 0.354 e. The van der Waals surface area contributed by atoms with E-state index in [1.165, 1.54) is 6.07 Å². The fraction of sp³-hybridized carbons (Fsp3) is 0.533. The Kier molecular flexibility index (Phi) is 5.96. The molecule has 0 aromatic heterocycles. The topological polar surface area (TPSA) is 41.1 Å². The van der Waals surface area contributed by atoms with Gasteiger partial charge in [-0.2, -0.15) is 0 Å². The number of carbonyl (C=O) groups excluding carboxylic acids is 1. The smallest absolute Gasteiger partial charge is 0.230 e. The van der Waals surface area contributed by atoms with Crippen molar-refractivity contribution < 1.29 is 9.18 Å². The normalized spacial score (nSPS) is 18.4. The predicted octanol–water partition coefficient (Wildman–Crippen LogP) is 2.39. The van der Waals surface area contributed by atoms with Crippen LogP contribution in [0.15, 0.2) is 24.3 Å². The molecule has 5 heteroatoms. The number of benzene rings is 1. The summed E-state index contributed by atoms with van der Waals surface area (Å²) in [5.41, 5.74) is -0.420. The minimum Gasteiger partial charge on any atom is -0.354 e. The first-order valence-electron chi connectivity index (χ1n) is 6.78. The number of carbonyl (C=O) groups is 1. The summed E-state index contributed by atoms with van der Waals surface area (Å²) in [5, 5.41) is 6.25. The van der Waals surface area contributed by atoms with E-state index in [1.807, 2.05) is 0 Å². The van der Waals surface area contributed by atoms with Crippen molar-refractivity contribution in [2.45, 2.75) is 38.1 Å². The van der Waals surface area contributed by atoms with Crippen molar-refractivity contribution in [1.29, 1.82) is 0 Å². The molecule has 1 aliphatic heterocycles. The Morgan fingerprint density at radius 3 is 2.75 bits per heavy atom. The number of hydrogen-bond donors (Lipinski definition) is 2. The van der Waals surface area contributed by atoms with E-state index in [-0.39, 0.29) is 24.1 Å². The Labute approximate surface area is 125 Å². The second-order valence-electron chi connectivity index (χ2n) is 5.61. The quantitative estimate of drug-likeness (QED) is 0.896. The average Bonchev–Trinajstić information content (AvgIpc) is 2.89. The predicted molar refractivity (Wildman–Crippen MR) is 80.7 cm³/mol. The molecule has 112 valence electrons. The number of hydrogen-bond acceptors (Lipinski definition) is 2. The van der Waals surface area contributed by atoms with Crippen LogP contribution in [0.4, 0.5) is 4.39 Å². The number of halogens is 2. The summed E-state index contributed by atoms with van der Waals surface area (Å²) in [4.78, 5) is 12.3. The molecule has 1 fully saturated rings. The molecule has 2 N–H and O–H groups in total. The van der Waals surface area contributed by atoms with Gasteiger partial charge in [0.2, 0.25) is 5.91 Å². The highest BCUT2D eigenvalue weighted by atomic mass is 35.5. The van der Waals surface area contributed by atoms with E-state index in [2.05, 4.69) is 10.6 Å². The summed E-state index contributed by atoms with van der Waals surface area (Å²) >= 11 is 0. The molecule has 1 atom stereocenters. The van der Waals surface area contributed by atoms with Crippen LogP contribution in [-0.2, 0) is 10.2 Å². The van der Waals surface area contributed by atoms with Crippen LogP contribution in [0.1, 0.15) is 32.3 Å². The van der Waals surface area contributed by atoms with Gasteiger partial charge in [-0.05, 0) is 39.3 Å². The highest BCUT2D eigenvalue weighted by molar-refractivity contribution is 5.87. The van der Waals surface area contributed by atoms with Crippen LogP contribution in [0.5, 0.6) is 0 Å². The Morgan fingerprint density at radius 1 is 1.45 bits per heavy atom. The van der Waals surface area contributed by atoms with Crippen molar-refractivity contribution in [2.24, 2.45) is 0 Å². The lowest BCUT2D eigenvalue weighted by molar-refractivity contribution is -0.125. The molecule has 0 spiro atoms. The molecule has 1 aromatic rings. The molecule has 0 saturated carbocycles. The molecule has 1 aliphatic rings. The molecule has 0 bridgehead atoms. The molecule has 1 unspecified atom stereocenters. The molecule has 1 aromatic carbocycles.